The summed E-state index contributed by atoms with van der Waals surface area (Å²) in [5, 5.41) is 9.65. The van der Waals surface area contributed by atoms with Crippen molar-refractivity contribution in [3.05, 3.63) is 77.2 Å². The Labute approximate surface area is 146 Å². The van der Waals surface area contributed by atoms with E-state index in [-0.39, 0.29) is 11.7 Å². The zero-order valence-electron chi connectivity index (χ0n) is 14.1. The zero-order valence-corrected chi connectivity index (χ0v) is 14.1. The number of aromatic nitrogens is 2. The minimum atomic E-state index is -0.985. The van der Waals surface area contributed by atoms with Crippen LogP contribution in [0.2, 0.25) is 0 Å². The maximum Gasteiger partial charge on any atom is 0.356 e. The van der Waals surface area contributed by atoms with Crippen LogP contribution in [-0.2, 0) is 6.42 Å². The number of nitrogens with zero attached hydrogens (tertiary/aromatic N) is 2. The van der Waals surface area contributed by atoms with E-state index in [9.17, 15) is 9.90 Å². The molecule has 1 heterocycles. The molecule has 4 heteroatoms. The molecule has 0 fully saturated rings. The van der Waals surface area contributed by atoms with Gasteiger partial charge in [-0.05, 0) is 42.9 Å². The van der Waals surface area contributed by atoms with Crippen LogP contribution >= 0.6 is 0 Å². The quantitative estimate of drug-likeness (QED) is 0.769. The first-order valence-corrected chi connectivity index (χ1v) is 8.60. The third-order valence-electron chi connectivity index (χ3n) is 5.07. The number of carboxylic acids is 1. The number of carboxylic acid groups (broad SMARTS) is 1. The molecule has 0 saturated carbocycles. The van der Waals surface area contributed by atoms with E-state index in [0.29, 0.717) is 5.69 Å². The lowest BCUT2D eigenvalue weighted by molar-refractivity contribution is 0.0692. The van der Waals surface area contributed by atoms with Gasteiger partial charge in [-0.1, -0.05) is 48.5 Å². The predicted octanol–water partition coefficient (Wildman–Crippen LogP) is 4.48. The third kappa shape index (κ3) is 2.64. The predicted molar refractivity (Wildman–Crippen MR) is 96.9 cm³/mol. The Hall–Kier alpha value is -2.88. The van der Waals surface area contributed by atoms with Gasteiger partial charge in [-0.25, -0.2) is 9.78 Å². The van der Waals surface area contributed by atoms with Crippen LogP contribution in [0.5, 0.6) is 0 Å². The second-order valence-electron chi connectivity index (χ2n) is 6.58. The molecule has 1 aliphatic carbocycles. The fourth-order valence-corrected chi connectivity index (χ4v) is 3.88. The van der Waals surface area contributed by atoms with E-state index >= 15 is 0 Å². The molecule has 0 spiro atoms. The normalized spacial score (nSPS) is 16.4. The fourth-order valence-electron chi connectivity index (χ4n) is 3.88. The van der Waals surface area contributed by atoms with E-state index in [1.807, 2.05) is 31.2 Å². The second-order valence-corrected chi connectivity index (χ2v) is 6.58. The average molecular weight is 332 g/mol. The molecule has 25 heavy (non-hydrogen) atoms. The minimum absolute atomic E-state index is 0.123. The van der Waals surface area contributed by atoms with Gasteiger partial charge in [-0.2, -0.15) is 0 Å². The Morgan fingerprint density at radius 2 is 1.92 bits per heavy atom. The Kier molecular flexibility index (Phi) is 3.88. The van der Waals surface area contributed by atoms with Crippen molar-refractivity contribution < 1.29 is 9.90 Å². The van der Waals surface area contributed by atoms with Gasteiger partial charge in [-0.3, -0.25) is 0 Å². The molecule has 3 aromatic rings. The fraction of sp³-hybridized carbons (Fsp3) is 0.238. The molecule has 0 aliphatic heterocycles. The van der Waals surface area contributed by atoms with Crippen molar-refractivity contribution in [3.8, 4) is 11.3 Å². The largest absolute Gasteiger partial charge is 0.476 e. The van der Waals surface area contributed by atoms with Crippen molar-refractivity contribution in [2.24, 2.45) is 0 Å². The molecule has 126 valence electrons. The third-order valence-corrected chi connectivity index (χ3v) is 5.07. The van der Waals surface area contributed by atoms with Gasteiger partial charge in [0, 0.05) is 5.56 Å². The summed E-state index contributed by atoms with van der Waals surface area (Å²) in [7, 11) is 0. The van der Waals surface area contributed by atoms with Crippen LogP contribution < -0.4 is 0 Å². The van der Waals surface area contributed by atoms with Crippen LogP contribution in [0.1, 0.15) is 46.1 Å². The molecule has 1 aliphatic rings. The number of rotatable bonds is 3. The Balaban J connectivity index is 1.93. The van der Waals surface area contributed by atoms with Gasteiger partial charge in [0.2, 0.25) is 0 Å². The molecule has 4 rings (SSSR count). The molecule has 0 saturated heterocycles. The first-order valence-electron chi connectivity index (χ1n) is 8.60. The molecule has 2 aromatic carbocycles. The van der Waals surface area contributed by atoms with Crippen LogP contribution in [0, 0.1) is 6.92 Å². The number of hydrogen-bond acceptors (Lipinski definition) is 2. The first-order chi connectivity index (χ1) is 12.2. The average Bonchev–Trinajstić information content (AvgIpc) is 3.06. The van der Waals surface area contributed by atoms with Crippen LogP contribution in [0.4, 0.5) is 0 Å². The molecule has 1 aromatic heterocycles. The lowest BCUT2D eigenvalue weighted by Gasteiger charge is -2.28. The summed E-state index contributed by atoms with van der Waals surface area (Å²) in [5.41, 5.74) is 5.43. The molecular formula is C21H20N2O2. The van der Waals surface area contributed by atoms with Crippen molar-refractivity contribution in [2.45, 2.75) is 32.2 Å². The number of benzene rings is 2. The zero-order chi connectivity index (χ0) is 17.4. The Morgan fingerprint density at radius 1 is 1.16 bits per heavy atom. The summed E-state index contributed by atoms with van der Waals surface area (Å²) in [6.07, 6.45) is 4.85. The van der Waals surface area contributed by atoms with Gasteiger partial charge in [0.15, 0.2) is 5.69 Å². The SMILES string of the molecule is Cc1ccccc1-c1c(C(=O)O)ncn1[C@@H]1CCCc2ccccc21. The first kappa shape index (κ1) is 15.6. The molecule has 4 nitrogen and oxygen atoms in total. The number of aromatic carboxylic acids is 1. The summed E-state index contributed by atoms with van der Waals surface area (Å²) in [4.78, 5) is 16.0. The van der Waals surface area contributed by atoms with E-state index in [1.54, 1.807) is 6.33 Å². The number of hydrogen-bond donors (Lipinski definition) is 1. The molecule has 1 atom stereocenters. The standard InChI is InChI=1S/C21H20N2O2/c1-14-7-2-4-10-16(14)20-19(21(24)25)22-13-23(20)18-12-6-9-15-8-3-5-11-17(15)18/h2-5,7-8,10-11,13,18H,6,9,12H2,1H3,(H,24,25)/t18-/m1/s1. The van der Waals surface area contributed by atoms with Gasteiger partial charge in [0.1, 0.15) is 0 Å². The maximum atomic E-state index is 11.8. The van der Waals surface area contributed by atoms with Crippen LogP contribution in [0.3, 0.4) is 0 Å². The van der Waals surface area contributed by atoms with E-state index < -0.39 is 5.97 Å². The molecule has 1 N–H and O–H groups in total. The summed E-state index contributed by atoms with van der Waals surface area (Å²) < 4.78 is 2.06. The molecule has 0 radical (unpaired) electrons. The Bertz CT molecular complexity index is 943. The highest BCUT2D eigenvalue weighted by Gasteiger charge is 2.27. The van der Waals surface area contributed by atoms with Gasteiger partial charge in [-0.15, -0.1) is 0 Å². The van der Waals surface area contributed by atoms with Crippen molar-refractivity contribution in [1.29, 1.82) is 0 Å². The van der Waals surface area contributed by atoms with Crippen molar-refractivity contribution >= 4 is 5.97 Å². The van der Waals surface area contributed by atoms with Crippen molar-refractivity contribution in [2.75, 3.05) is 0 Å². The van der Waals surface area contributed by atoms with E-state index in [0.717, 1.165) is 30.4 Å². The number of imidazole rings is 1. The lowest BCUT2D eigenvalue weighted by Crippen LogP contribution is -2.18. The van der Waals surface area contributed by atoms with Crippen LogP contribution in [-0.4, -0.2) is 20.6 Å². The molecule has 0 unspecified atom stereocenters. The smallest absolute Gasteiger partial charge is 0.356 e. The van der Waals surface area contributed by atoms with Crippen LogP contribution in [0.25, 0.3) is 11.3 Å². The summed E-state index contributed by atoms with van der Waals surface area (Å²) in [5.74, 6) is -0.985. The van der Waals surface area contributed by atoms with E-state index in [4.69, 9.17) is 0 Å². The Morgan fingerprint density at radius 3 is 2.72 bits per heavy atom. The topological polar surface area (TPSA) is 55.1 Å². The minimum Gasteiger partial charge on any atom is -0.476 e. The van der Waals surface area contributed by atoms with Crippen LogP contribution in [0.15, 0.2) is 54.9 Å². The summed E-state index contributed by atoms with van der Waals surface area (Å²) >= 11 is 0. The monoisotopic (exact) mass is 332 g/mol. The second kappa shape index (κ2) is 6.20. The molecular weight excluding hydrogens is 312 g/mol. The molecule has 0 amide bonds. The summed E-state index contributed by atoms with van der Waals surface area (Å²) in [6, 6.07) is 16.5. The maximum absolute atomic E-state index is 11.8. The number of fused-ring (bicyclic) bond motifs is 1. The molecule has 0 bridgehead atoms. The van der Waals surface area contributed by atoms with Crippen molar-refractivity contribution in [3.63, 3.8) is 0 Å². The van der Waals surface area contributed by atoms with Crippen molar-refractivity contribution in [1.82, 2.24) is 9.55 Å². The van der Waals surface area contributed by atoms with Gasteiger partial charge in [0.25, 0.3) is 0 Å². The number of carbonyl (C=O) groups is 1. The number of aryl methyl sites for hydroxylation is 2. The summed E-state index contributed by atoms with van der Waals surface area (Å²) in [6.45, 7) is 2.01. The lowest BCUT2D eigenvalue weighted by atomic mass is 9.87. The van der Waals surface area contributed by atoms with E-state index in [1.165, 1.54) is 11.1 Å². The van der Waals surface area contributed by atoms with Gasteiger partial charge < -0.3 is 9.67 Å². The van der Waals surface area contributed by atoms with E-state index in [2.05, 4.69) is 33.8 Å². The van der Waals surface area contributed by atoms with Gasteiger partial charge >= 0.3 is 5.97 Å². The highest BCUT2D eigenvalue weighted by Crippen LogP contribution is 2.37. The highest BCUT2D eigenvalue weighted by molar-refractivity contribution is 5.93. The van der Waals surface area contributed by atoms with Gasteiger partial charge in [0.05, 0.1) is 18.1 Å². The highest BCUT2D eigenvalue weighted by atomic mass is 16.4.